The van der Waals surface area contributed by atoms with Crippen molar-refractivity contribution in [2.45, 2.75) is 303 Å². The highest BCUT2D eigenvalue weighted by atomic mass is 16.6. The topological polar surface area (TPSA) is 78.9 Å². The molecule has 0 N–H and O–H groups in total. The fraction of sp³-hybridized carbons (Fsp3) is 0.875. The fourth-order valence-electron chi connectivity index (χ4n) is 8.06. The van der Waals surface area contributed by atoms with Crippen molar-refractivity contribution in [3.63, 3.8) is 0 Å². The molecule has 0 amide bonds. The zero-order chi connectivity index (χ0) is 45.1. The second-order valence-electron chi connectivity index (χ2n) is 18.5. The highest BCUT2D eigenvalue weighted by Crippen LogP contribution is 2.16. The molecule has 1 unspecified atom stereocenters. The summed E-state index contributed by atoms with van der Waals surface area (Å²) in [6.45, 7) is 6.62. The Morgan fingerprint density at radius 1 is 0.323 bits per heavy atom. The molecular weight excluding hydrogens is 769 g/mol. The highest BCUT2D eigenvalue weighted by molar-refractivity contribution is 5.71. The van der Waals surface area contributed by atoms with Gasteiger partial charge in [0, 0.05) is 19.3 Å². The Bertz CT molecular complexity index is 1000. The van der Waals surface area contributed by atoms with Gasteiger partial charge in [-0.05, 0) is 51.4 Å². The summed E-state index contributed by atoms with van der Waals surface area (Å²) in [6, 6.07) is 0. The van der Waals surface area contributed by atoms with Gasteiger partial charge in [-0.1, -0.05) is 251 Å². The molecule has 0 bridgehead atoms. The third kappa shape index (κ3) is 48.9. The minimum Gasteiger partial charge on any atom is -0.462 e. The van der Waals surface area contributed by atoms with E-state index in [1.807, 2.05) is 0 Å². The summed E-state index contributed by atoms with van der Waals surface area (Å²) in [5, 5.41) is 0. The monoisotopic (exact) mass is 873 g/mol. The number of esters is 3. The molecule has 0 aromatic heterocycles. The zero-order valence-electron chi connectivity index (χ0n) is 41.7. The minimum atomic E-state index is -0.763. The van der Waals surface area contributed by atoms with Crippen molar-refractivity contribution in [1.29, 1.82) is 0 Å². The SMILES string of the molecule is CCCCCCC/C=C\C/C=C\CCCCCCCCCCCCCCCC(=O)OCC(COC(=O)CCCCCCCCCCC)OC(=O)CCCCCCCCCCCC. The van der Waals surface area contributed by atoms with Crippen molar-refractivity contribution in [1.82, 2.24) is 0 Å². The maximum absolute atomic E-state index is 12.7. The fourth-order valence-corrected chi connectivity index (χ4v) is 8.06. The van der Waals surface area contributed by atoms with Crippen molar-refractivity contribution in [2.75, 3.05) is 13.2 Å². The standard InChI is InChI=1S/C56H104O6/c1-4-7-10-13-16-19-21-22-23-24-25-26-27-28-29-30-31-32-33-34-35-38-40-43-46-49-55(58)61-52-53(51-60-54(57)48-45-42-39-36-18-15-12-9-6-3)62-56(59)50-47-44-41-37-20-17-14-11-8-5-2/h21-22,24-25,53H,4-20,23,26-52H2,1-3H3/b22-21-,25-24-. The average molecular weight is 873 g/mol. The van der Waals surface area contributed by atoms with Crippen LogP contribution in [0.3, 0.4) is 0 Å². The van der Waals surface area contributed by atoms with Crippen molar-refractivity contribution in [3.05, 3.63) is 24.3 Å². The van der Waals surface area contributed by atoms with Crippen LogP contribution in [0.4, 0.5) is 0 Å². The molecule has 0 spiro atoms. The molecular formula is C56H104O6. The van der Waals surface area contributed by atoms with Crippen LogP contribution in [0.25, 0.3) is 0 Å². The van der Waals surface area contributed by atoms with Gasteiger partial charge in [-0.25, -0.2) is 0 Å². The van der Waals surface area contributed by atoms with Gasteiger partial charge in [-0.15, -0.1) is 0 Å². The van der Waals surface area contributed by atoms with Gasteiger partial charge in [0.05, 0.1) is 0 Å². The lowest BCUT2D eigenvalue weighted by molar-refractivity contribution is -0.167. The van der Waals surface area contributed by atoms with Gasteiger partial charge in [-0.2, -0.15) is 0 Å². The maximum atomic E-state index is 12.7. The molecule has 0 rings (SSSR count). The molecule has 62 heavy (non-hydrogen) atoms. The van der Waals surface area contributed by atoms with Crippen molar-refractivity contribution < 1.29 is 28.6 Å². The van der Waals surface area contributed by atoms with E-state index >= 15 is 0 Å². The van der Waals surface area contributed by atoms with E-state index in [0.717, 1.165) is 64.2 Å². The van der Waals surface area contributed by atoms with E-state index in [0.29, 0.717) is 19.3 Å². The predicted molar refractivity (Wildman–Crippen MR) is 266 cm³/mol. The first-order valence-corrected chi connectivity index (χ1v) is 27.3. The smallest absolute Gasteiger partial charge is 0.306 e. The molecule has 1 atom stereocenters. The van der Waals surface area contributed by atoms with Crippen molar-refractivity contribution in [2.24, 2.45) is 0 Å². The molecule has 0 aromatic carbocycles. The van der Waals surface area contributed by atoms with Crippen molar-refractivity contribution >= 4 is 17.9 Å². The number of hydrogen-bond acceptors (Lipinski definition) is 6. The van der Waals surface area contributed by atoms with Crippen molar-refractivity contribution in [3.8, 4) is 0 Å². The van der Waals surface area contributed by atoms with E-state index in [9.17, 15) is 14.4 Å². The first-order valence-electron chi connectivity index (χ1n) is 27.3. The van der Waals surface area contributed by atoms with E-state index in [-0.39, 0.29) is 31.1 Å². The lowest BCUT2D eigenvalue weighted by atomic mass is 10.0. The molecule has 0 saturated heterocycles. The van der Waals surface area contributed by atoms with Crippen LogP contribution < -0.4 is 0 Å². The highest BCUT2D eigenvalue weighted by Gasteiger charge is 2.19. The predicted octanol–water partition coefficient (Wildman–Crippen LogP) is 17.9. The molecule has 0 aliphatic heterocycles. The number of unbranched alkanes of at least 4 members (excludes halogenated alkanes) is 35. The Hall–Kier alpha value is -2.11. The molecule has 6 heteroatoms. The molecule has 6 nitrogen and oxygen atoms in total. The molecule has 364 valence electrons. The lowest BCUT2D eigenvalue weighted by Crippen LogP contribution is -2.30. The Balaban J connectivity index is 4.09. The van der Waals surface area contributed by atoms with E-state index < -0.39 is 6.10 Å². The van der Waals surface area contributed by atoms with Crippen LogP contribution in [0.2, 0.25) is 0 Å². The largest absolute Gasteiger partial charge is 0.462 e. The molecule has 0 fully saturated rings. The summed E-state index contributed by atoms with van der Waals surface area (Å²) in [5.74, 6) is -0.858. The summed E-state index contributed by atoms with van der Waals surface area (Å²) in [6.07, 6.45) is 59.0. The second kappa shape index (κ2) is 51.5. The summed E-state index contributed by atoms with van der Waals surface area (Å²) < 4.78 is 16.8. The van der Waals surface area contributed by atoms with Gasteiger partial charge in [0.1, 0.15) is 13.2 Å². The van der Waals surface area contributed by atoms with Crippen LogP contribution in [0.5, 0.6) is 0 Å². The number of rotatable bonds is 50. The van der Waals surface area contributed by atoms with Gasteiger partial charge in [-0.3, -0.25) is 14.4 Å². The summed E-state index contributed by atoms with van der Waals surface area (Å²) >= 11 is 0. The van der Waals surface area contributed by atoms with Crippen LogP contribution in [0, 0.1) is 0 Å². The van der Waals surface area contributed by atoms with Gasteiger partial charge >= 0.3 is 17.9 Å². The van der Waals surface area contributed by atoms with Gasteiger partial charge in [0.2, 0.25) is 0 Å². The lowest BCUT2D eigenvalue weighted by Gasteiger charge is -2.18. The Morgan fingerprint density at radius 3 is 0.887 bits per heavy atom. The summed E-state index contributed by atoms with van der Waals surface area (Å²) in [5.41, 5.74) is 0. The first-order chi connectivity index (χ1) is 30.5. The number of carbonyl (C=O) groups is 3. The van der Waals surface area contributed by atoms with Gasteiger partial charge in [0.25, 0.3) is 0 Å². The summed E-state index contributed by atoms with van der Waals surface area (Å²) in [7, 11) is 0. The number of ether oxygens (including phenoxy) is 3. The molecule has 0 radical (unpaired) electrons. The van der Waals surface area contributed by atoms with Crippen LogP contribution in [0.1, 0.15) is 297 Å². The second-order valence-corrected chi connectivity index (χ2v) is 18.5. The third-order valence-electron chi connectivity index (χ3n) is 12.2. The molecule has 0 aliphatic rings. The van der Waals surface area contributed by atoms with E-state index in [1.165, 1.54) is 193 Å². The van der Waals surface area contributed by atoms with Crippen LogP contribution in [0.15, 0.2) is 24.3 Å². The Labute approximate surface area is 385 Å². The van der Waals surface area contributed by atoms with Gasteiger partial charge < -0.3 is 14.2 Å². The van der Waals surface area contributed by atoms with Gasteiger partial charge in [0.15, 0.2) is 6.10 Å². The first kappa shape index (κ1) is 59.9. The third-order valence-corrected chi connectivity index (χ3v) is 12.2. The van der Waals surface area contributed by atoms with E-state index in [4.69, 9.17) is 14.2 Å². The number of allylic oxidation sites excluding steroid dienone is 4. The molecule has 0 saturated carbocycles. The molecule has 0 heterocycles. The van der Waals surface area contributed by atoms with E-state index in [2.05, 4.69) is 45.1 Å². The van der Waals surface area contributed by atoms with Crippen LogP contribution >= 0.6 is 0 Å². The van der Waals surface area contributed by atoms with Crippen LogP contribution in [-0.2, 0) is 28.6 Å². The number of carbonyl (C=O) groups excluding carboxylic acids is 3. The zero-order valence-corrected chi connectivity index (χ0v) is 41.7. The summed E-state index contributed by atoms with van der Waals surface area (Å²) in [4.78, 5) is 37.8. The Kier molecular flexibility index (Phi) is 49.8. The molecule has 0 aliphatic carbocycles. The van der Waals surface area contributed by atoms with E-state index in [1.54, 1.807) is 0 Å². The number of hydrogen-bond donors (Lipinski definition) is 0. The molecule has 0 aromatic rings. The maximum Gasteiger partial charge on any atom is 0.306 e. The average Bonchev–Trinajstić information content (AvgIpc) is 3.27. The normalized spacial score (nSPS) is 12.1. The minimum absolute atomic E-state index is 0.0665. The quantitative estimate of drug-likeness (QED) is 0.0262. The Morgan fingerprint density at radius 2 is 0.581 bits per heavy atom. The van der Waals surface area contributed by atoms with Crippen LogP contribution in [-0.4, -0.2) is 37.2 Å².